The molecule has 54 heavy (non-hydrogen) atoms. The van der Waals surface area contributed by atoms with E-state index in [1.165, 1.54) is 52.5 Å². The largest absolute Gasteiger partial charge is 0.493 e. The monoisotopic (exact) mass is 762 g/mol. The highest BCUT2D eigenvalue weighted by Gasteiger charge is 2.41. The molecular formula is C40H34N4O8S2. The Labute approximate surface area is 322 Å². The van der Waals surface area contributed by atoms with Crippen LogP contribution in [-0.4, -0.2) is 85.9 Å². The molecule has 12 nitrogen and oxygen atoms in total. The van der Waals surface area contributed by atoms with Crippen LogP contribution in [0.5, 0.6) is 34.5 Å². The molecule has 14 heteroatoms. The molecule has 2 aliphatic rings. The minimum absolute atomic E-state index is 0.0564. The summed E-state index contributed by atoms with van der Waals surface area (Å²) in [6.07, 6.45) is 3.16. The van der Waals surface area contributed by atoms with Gasteiger partial charge in [0.05, 0.1) is 42.7 Å². The lowest BCUT2D eigenvalue weighted by molar-refractivity contribution is -0.121. The molecule has 0 aliphatic carbocycles. The van der Waals surface area contributed by atoms with Crippen LogP contribution in [0.3, 0.4) is 0 Å². The Bertz CT molecular complexity index is 2080. The van der Waals surface area contributed by atoms with Gasteiger partial charge in [-0.05, 0) is 47.5 Å². The van der Waals surface area contributed by atoms with Gasteiger partial charge in [-0.25, -0.2) is 19.8 Å². The number of carbonyl (C=O) groups excluding carboxylic acids is 2. The first-order valence-corrected chi connectivity index (χ1v) is 17.1. The highest BCUT2D eigenvalue weighted by molar-refractivity contribution is 7.89. The second-order valence-electron chi connectivity index (χ2n) is 11.5. The first kappa shape index (κ1) is 37.4. The van der Waals surface area contributed by atoms with Crippen LogP contribution in [0, 0.1) is 0 Å². The van der Waals surface area contributed by atoms with Crippen LogP contribution >= 0.6 is 24.4 Å². The number of amides is 2. The predicted octanol–water partition coefficient (Wildman–Crippen LogP) is 6.35. The Morgan fingerprint density at radius 2 is 0.833 bits per heavy atom. The molecule has 0 bridgehead atoms. The molecule has 4 aromatic carbocycles. The molecule has 6 rings (SSSR count). The fourth-order valence-corrected chi connectivity index (χ4v) is 6.37. The van der Waals surface area contributed by atoms with E-state index in [4.69, 9.17) is 62.8 Å². The third-order valence-corrected chi connectivity index (χ3v) is 9.24. The van der Waals surface area contributed by atoms with E-state index in [1.54, 1.807) is 60.7 Å². The van der Waals surface area contributed by atoms with Crippen molar-refractivity contribution in [2.45, 2.75) is 0 Å². The standard InChI is InChI=1S/C40H34N4O8S2/c1-47-29-19-23(20-30(48-2)33(29)51-5)17-27-37(45)43(35(41-27)25-13-9-7-10-14-25)39(53)40(54)44-36(26-15-11-8-12-16-26)42-28(38(44)46)18-24-21-31(49-3)34(52-6)32(22-24)50-4/h7-22H,1-6H3. The number of methoxy groups -OCH3 is 6. The van der Waals surface area contributed by atoms with Crippen molar-refractivity contribution in [2.75, 3.05) is 42.7 Å². The van der Waals surface area contributed by atoms with Crippen molar-refractivity contribution in [1.29, 1.82) is 0 Å². The fraction of sp³-hybridized carbons (Fsp3) is 0.150. The van der Waals surface area contributed by atoms with Gasteiger partial charge in [0.2, 0.25) is 11.5 Å². The normalized spacial score (nSPS) is 15.3. The second kappa shape index (κ2) is 16.1. The topological polar surface area (TPSA) is 121 Å². The van der Waals surface area contributed by atoms with Crippen molar-refractivity contribution in [3.63, 3.8) is 0 Å². The molecule has 0 N–H and O–H groups in total. The molecule has 2 amide bonds. The van der Waals surface area contributed by atoms with Crippen LogP contribution in [0.4, 0.5) is 0 Å². The van der Waals surface area contributed by atoms with E-state index in [0.29, 0.717) is 56.8 Å². The SMILES string of the molecule is COc1cc(C=C2N=C(c3ccccc3)N(C(=S)C(=S)N3C(=O)C(=Cc4cc(OC)c(OC)c(OC)c4)N=C3c3ccccc3)C2=O)cc(OC)c1OC. The summed E-state index contributed by atoms with van der Waals surface area (Å²) in [5, 5.41) is 0. The van der Waals surface area contributed by atoms with Gasteiger partial charge in [-0.1, -0.05) is 85.1 Å². The highest BCUT2D eigenvalue weighted by atomic mass is 32.1. The van der Waals surface area contributed by atoms with Crippen molar-refractivity contribution in [1.82, 2.24) is 9.80 Å². The van der Waals surface area contributed by atoms with Gasteiger partial charge in [-0.3, -0.25) is 9.59 Å². The summed E-state index contributed by atoms with van der Waals surface area (Å²) in [4.78, 5) is 40.3. The van der Waals surface area contributed by atoms with Crippen LogP contribution in [0.15, 0.2) is 106 Å². The number of nitrogens with zero attached hydrogens (tertiary/aromatic N) is 4. The molecule has 0 saturated heterocycles. The minimum atomic E-state index is -0.562. The quantitative estimate of drug-likeness (QED) is 0.134. The van der Waals surface area contributed by atoms with Crippen molar-refractivity contribution in [3.8, 4) is 34.5 Å². The van der Waals surface area contributed by atoms with E-state index >= 15 is 0 Å². The number of benzene rings is 4. The Balaban J connectivity index is 1.42. The lowest BCUT2D eigenvalue weighted by Gasteiger charge is -2.25. The Morgan fingerprint density at radius 3 is 1.11 bits per heavy atom. The number of rotatable bonds is 10. The lowest BCUT2D eigenvalue weighted by atomic mass is 10.1. The summed E-state index contributed by atoms with van der Waals surface area (Å²) in [6.45, 7) is 0. The number of thiocarbonyl (C=S) groups is 2. The zero-order valence-corrected chi connectivity index (χ0v) is 31.7. The highest BCUT2D eigenvalue weighted by Crippen LogP contribution is 2.40. The van der Waals surface area contributed by atoms with Crippen LogP contribution < -0.4 is 28.4 Å². The van der Waals surface area contributed by atoms with Crippen LogP contribution in [0.1, 0.15) is 22.3 Å². The van der Waals surface area contributed by atoms with Crippen LogP contribution in [-0.2, 0) is 9.59 Å². The van der Waals surface area contributed by atoms with Gasteiger partial charge in [0, 0.05) is 11.1 Å². The summed E-state index contributed by atoms with van der Waals surface area (Å²) in [5.41, 5.74) is 2.40. The molecule has 0 fully saturated rings. The molecule has 274 valence electrons. The summed E-state index contributed by atoms with van der Waals surface area (Å²) in [7, 11) is 9.00. The maximum absolute atomic E-state index is 14.3. The van der Waals surface area contributed by atoms with Gasteiger partial charge >= 0.3 is 0 Å². The number of carbonyl (C=O) groups is 2. The molecule has 2 aliphatic heterocycles. The minimum Gasteiger partial charge on any atom is -0.493 e. The van der Waals surface area contributed by atoms with Gasteiger partial charge < -0.3 is 28.4 Å². The van der Waals surface area contributed by atoms with Gasteiger partial charge in [0.15, 0.2) is 33.0 Å². The summed E-state index contributed by atoms with van der Waals surface area (Å²) >= 11 is 11.9. The molecule has 0 saturated carbocycles. The molecule has 2 heterocycles. The summed E-state index contributed by atoms with van der Waals surface area (Å²) in [6, 6.07) is 24.9. The van der Waals surface area contributed by atoms with E-state index in [-0.39, 0.29) is 33.0 Å². The van der Waals surface area contributed by atoms with Crippen molar-refractivity contribution in [3.05, 3.63) is 119 Å². The third-order valence-electron chi connectivity index (χ3n) is 8.35. The summed E-state index contributed by atoms with van der Waals surface area (Å²) < 4.78 is 33.0. The molecule has 0 spiro atoms. The molecule has 0 aromatic heterocycles. The van der Waals surface area contributed by atoms with Crippen molar-refractivity contribution < 1.29 is 38.0 Å². The molecular weight excluding hydrogens is 729 g/mol. The number of amidine groups is 2. The van der Waals surface area contributed by atoms with E-state index in [1.807, 2.05) is 36.4 Å². The van der Waals surface area contributed by atoms with E-state index in [9.17, 15) is 9.59 Å². The number of hydrogen-bond acceptors (Lipinski definition) is 12. The van der Waals surface area contributed by atoms with Crippen molar-refractivity contribution in [2.24, 2.45) is 9.98 Å². The second-order valence-corrected chi connectivity index (χ2v) is 12.2. The number of hydrogen-bond donors (Lipinski definition) is 0. The van der Waals surface area contributed by atoms with Gasteiger partial charge in [-0.15, -0.1) is 0 Å². The molecule has 0 unspecified atom stereocenters. The fourth-order valence-electron chi connectivity index (χ4n) is 5.85. The average molecular weight is 763 g/mol. The number of aliphatic imine (C=N–C) groups is 2. The van der Waals surface area contributed by atoms with E-state index < -0.39 is 11.8 Å². The maximum Gasteiger partial charge on any atom is 0.283 e. The molecule has 0 radical (unpaired) electrons. The average Bonchev–Trinajstić information content (AvgIpc) is 3.71. The van der Waals surface area contributed by atoms with Gasteiger partial charge in [0.1, 0.15) is 23.1 Å². The Morgan fingerprint density at radius 1 is 0.519 bits per heavy atom. The first-order chi connectivity index (χ1) is 26.2. The van der Waals surface area contributed by atoms with Crippen LogP contribution in [0.2, 0.25) is 0 Å². The lowest BCUT2D eigenvalue weighted by Crippen LogP contribution is -2.49. The van der Waals surface area contributed by atoms with Crippen molar-refractivity contribution >= 4 is 70.1 Å². The molecule has 4 aromatic rings. The summed E-state index contributed by atoms with van der Waals surface area (Å²) in [5.74, 6) is 1.69. The van der Waals surface area contributed by atoms with Gasteiger partial charge in [-0.2, -0.15) is 0 Å². The Kier molecular flexibility index (Phi) is 11.1. The van der Waals surface area contributed by atoms with Gasteiger partial charge in [0.25, 0.3) is 11.8 Å². The van der Waals surface area contributed by atoms with E-state index in [0.717, 1.165) is 0 Å². The number of ether oxygens (including phenoxy) is 6. The maximum atomic E-state index is 14.3. The Hall–Kier alpha value is -6.38. The smallest absolute Gasteiger partial charge is 0.283 e. The van der Waals surface area contributed by atoms with Crippen LogP contribution in [0.25, 0.3) is 12.2 Å². The van der Waals surface area contributed by atoms with E-state index in [2.05, 4.69) is 0 Å². The predicted molar refractivity (Wildman–Crippen MR) is 213 cm³/mol. The zero-order valence-electron chi connectivity index (χ0n) is 30.1. The third kappa shape index (κ3) is 7.04. The zero-order chi connectivity index (χ0) is 38.5. The molecule has 0 atom stereocenters. The first-order valence-electron chi connectivity index (χ1n) is 16.3.